The van der Waals surface area contributed by atoms with Gasteiger partial charge in [0.25, 0.3) is 0 Å². The summed E-state index contributed by atoms with van der Waals surface area (Å²) >= 11 is 0. The van der Waals surface area contributed by atoms with Gasteiger partial charge in [-0.05, 0) is 18.4 Å². The van der Waals surface area contributed by atoms with Crippen molar-refractivity contribution in [2.45, 2.75) is 51.2 Å². The van der Waals surface area contributed by atoms with Crippen LogP contribution < -0.4 is 0 Å². The fourth-order valence-electron chi connectivity index (χ4n) is 2.04. The van der Waals surface area contributed by atoms with Crippen LogP contribution >= 0.6 is 0 Å². The Morgan fingerprint density at radius 2 is 1.81 bits per heavy atom. The fourth-order valence-corrected chi connectivity index (χ4v) is 2.04. The van der Waals surface area contributed by atoms with E-state index in [0.717, 1.165) is 18.4 Å². The van der Waals surface area contributed by atoms with Crippen molar-refractivity contribution in [2.24, 2.45) is 0 Å². The first-order valence-electron chi connectivity index (χ1n) is 6.08. The first-order chi connectivity index (χ1) is 7.62. The Balaban J connectivity index is 2.78. The maximum atomic E-state index is 10.5. The Morgan fingerprint density at radius 1 is 1.19 bits per heavy atom. The molecule has 0 heterocycles. The van der Waals surface area contributed by atoms with Crippen LogP contribution in [0.25, 0.3) is 0 Å². The second-order valence-corrected chi connectivity index (χ2v) is 4.40. The smallest absolute Gasteiger partial charge is 0.0918 e. The lowest BCUT2D eigenvalue weighted by Crippen LogP contribution is -2.30. The molecule has 0 bridgehead atoms. The van der Waals surface area contributed by atoms with Crippen LogP contribution in [0.4, 0.5) is 0 Å². The van der Waals surface area contributed by atoms with E-state index in [2.05, 4.69) is 0 Å². The summed E-state index contributed by atoms with van der Waals surface area (Å²) in [5.41, 5.74) is 0.00297. The van der Waals surface area contributed by atoms with Crippen LogP contribution in [0.5, 0.6) is 0 Å². The van der Waals surface area contributed by atoms with Crippen molar-refractivity contribution in [1.29, 1.82) is 0 Å². The first kappa shape index (κ1) is 13.2. The SMILES string of the molecule is CCCC(O)CC(O)(CC)c1ccccc1. The molecule has 0 aliphatic rings. The average molecular weight is 222 g/mol. The molecule has 0 amide bonds. The molecule has 0 saturated heterocycles. The molecule has 1 aromatic rings. The van der Waals surface area contributed by atoms with Crippen LogP contribution in [0.1, 0.15) is 45.1 Å². The van der Waals surface area contributed by atoms with Crippen LogP contribution in [0, 0.1) is 0 Å². The van der Waals surface area contributed by atoms with E-state index in [1.54, 1.807) is 0 Å². The Hall–Kier alpha value is -0.860. The third-order valence-electron chi connectivity index (χ3n) is 3.09. The fraction of sp³-hybridized carbons (Fsp3) is 0.571. The number of rotatable bonds is 6. The molecule has 90 valence electrons. The molecule has 0 aliphatic heterocycles. The van der Waals surface area contributed by atoms with Crippen molar-refractivity contribution >= 4 is 0 Å². The number of aliphatic hydroxyl groups is 2. The molecule has 0 fully saturated rings. The van der Waals surface area contributed by atoms with Crippen LogP contribution in [-0.2, 0) is 5.60 Å². The Bertz CT molecular complexity index is 297. The van der Waals surface area contributed by atoms with E-state index in [1.807, 2.05) is 44.2 Å². The van der Waals surface area contributed by atoms with Crippen molar-refractivity contribution in [1.82, 2.24) is 0 Å². The van der Waals surface area contributed by atoms with Gasteiger partial charge in [0.1, 0.15) is 0 Å². The summed E-state index contributed by atoms with van der Waals surface area (Å²) in [6, 6.07) is 9.61. The van der Waals surface area contributed by atoms with Gasteiger partial charge in [0.2, 0.25) is 0 Å². The Kier molecular flexibility index (Phi) is 4.97. The molecule has 2 N–H and O–H groups in total. The zero-order valence-electron chi connectivity index (χ0n) is 10.2. The van der Waals surface area contributed by atoms with Gasteiger partial charge in [-0.2, -0.15) is 0 Å². The highest BCUT2D eigenvalue weighted by molar-refractivity contribution is 5.22. The molecule has 1 aromatic carbocycles. The second-order valence-electron chi connectivity index (χ2n) is 4.40. The second kappa shape index (κ2) is 6.02. The highest BCUT2D eigenvalue weighted by Crippen LogP contribution is 2.30. The summed E-state index contributed by atoms with van der Waals surface area (Å²) in [7, 11) is 0. The third-order valence-corrected chi connectivity index (χ3v) is 3.09. The monoisotopic (exact) mass is 222 g/mol. The van der Waals surface area contributed by atoms with Gasteiger partial charge in [-0.15, -0.1) is 0 Å². The van der Waals surface area contributed by atoms with Gasteiger partial charge < -0.3 is 10.2 Å². The van der Waals surface area contributed by atoms with Crippen molar-refractivity contribution < 1.29 is 10.2 Å². The van der Waals surface area contributed by atoms with Gasteiger partial charge in [0, 0.05) is 6.42 Å². The lowest BCUT2D eigenvalue weighted by atomic mass is 9.85. The Labute approximate surface area is 97.9 Å². The molecule has 0 aromatic heterocycles. The minimum absolute atomic E-state index is 0.418. The summed E-state index contributed by atoms with van der Waals surface area (Å²) in [5, 5.41) is 20.3. The number of benzene rings is 1. The first-order valence-corrected chi connectivity index (χ1v) is 6.08. The molecule has 0 saturated carbocycles. The topological polar surface area (TPSA) is 40.5 Å². The van der Waals surface area contributed by atoms with E-state index in [4.69, 9.17) is 0 Å². The molecule has 2 nitrogen and oxygen atoms in total. The summed E-state index contributed by atoms with van der Waals surface area (Å²) < 4.78 is 0. The zero-order valence-corrected chi connectivity index (χ0v) is 10.2. The summed E-state index contributed by atoms with van der Waals surface area (Å²) in [6.07, 6.45) is 2.31. The van der Waals surface area contributed by atoms with Crippen LogP contribution in [0.3, 0.4) is 0 Å². The molecule has 2 atom stereocenters. The van der Waals surface area contributed by atoms with Gasteiger partial charge in [-0.3, -0.25) is 0 Å². The highest BCUT2D eigenvalue weighted by Gasteiger charge is 2.29. The summed E-state index contributed by atoms with van der Waals surface area (Å²) in [4.78, 5) is 0. The standard InChI is InChI=1S/C14H22O2/c1-3-8-13(15)11-14(16,4-2)12-9-6-5-7-10-12/h5-7,9-10,13,15-16H,3-4,8,11H2,1-2H3. The minimum atomic E-state index is -0.893. The van der Waals surface area contributed by atoms with E-state index >= 15 is 0 Å². The lowest BCUT2D eigenvalue weighted by Gasteiger charge is -2.29. The normalized spacial score (nSPS) is 16.8. The predicted molar refractivity (Wildman–Crippen MR) is 66.2 cm³/mol. The van der Waals surface area contributed by atoms with Gasteiger partial charge in [0.05, 0.1) is 11.7 Å². The molecule has 0 spiro atoms. The minimum Gasteiger partial charge on any atom is -0.393 e. The van der Waals surface area contributed by atoms with E-state index in [0.29, 0.717) is 12.8 Å². The maximum Gasteiger partial charge on any atom is 0.0918 e. The number of aliphatic hydroxyl groups excluding tert-OH is 1. The molecular formula is C14H22O2. The molecule has 0 radical (unpaired) electrons. The van der Waals surface area contributed by atoms with Crippen LogP contribution in [0.15, 0.2) is 30.3 Å². The highest BCUT2D eigenvalue weighted by atomic mass is 16.3. The van der Waals surface area contributed by atoms with E-state index < -0.39 is 11.7 Å². The van der Waals surface area contributed by atoms with Crippen molar-refractivity contribution in [2.75, 3.05) is 0 Å². The van der Waals surface area contributed by atoms with E-state index in [9.17, 15) is 10.2 Å². The van der Waals surface area contributed by atoms with E-state index in [1.165, 1.54) is 0 Å². The number of hydrogen-bond donors (Lipinski definition) is 2. The summed E-state index contributed by atoms with van der Waals surface area (Å²) in [5.74, 6) is 0. The molecule has 2 unspecified atom stereocenters. The summed E-state index contributed by atoms with van der Waals surface area (Å²) in [6.45, 7) is 3.99. The van der Waals surface area contributed by atoms with Gasteiger partial charge >= 0.3 is 0 Å². The van der Waals surface area contributed by atoms with Gasteiger partial charge in [0.15, 0.2) is 0 Å². The quantitative estimate of drug-likeness (QED) is 0.777. The van der Waals surface area contributed by atoms with Gasteiger partial charge in [-0.1, -0.05) is 50.6 Å². The maximum absolute atomic E-state index is 10.5. The van der Waals surface area contributed by atoms with Crippen molar-refractivity contribution in [3.63, 3.8) is 0 Å². The zero-order chi connectivity index (χ0) is 12.0. The van der Waals surface area contributed by atoms with Crippen LogP contribution in [0.2, 0.25) is 0 Å². The Morgan fingerprint density at radius 3 is 2.31 bits per heavy atom. The average Bonchev–Trinajstić information content (AvgIpc) is 2.30. The molecule has 16 heavy (non-hydrogen) atoms. The van der Waals surface area contributed by atoms with Crippen molar-refractivity contribution in [3.8, 4) is 0 Å². The molecule has 2 heteroatoms. The van der Waals surface area contributed by atoms with Gasteiger partial charge in [-0.25, -0.2) is 0 Å². The van der Waals surface area contributed by atoms with Crippen LogP contribution in [-0.4, -0.2) is 16.3 Å². The van der Waals surface area contributed by atoms with Crippen molar-refractivity contribution in [3.05, 3.63) is 35.9 Å². The largest absolute Gasteiger partial charge is 0.393 e. The molecular weight excluding hydrogens is 200 g/mol. The molecule has 0 aliphatic carbocycles. The predicted octanol–water partition coefficient (Wildman–Crippen LogP) is 2.84. The molecule has 1 rings (SSSR count). The lowest BCUT2D eigenvalue weighted by molar-refractivity contribution is -0.0205. The number of hydrogen-bond acceptors (Lipinski definition) is 2. The van der Waals surface area contributed by atoms with E-state index in [-0.39, 0.29) is 0 Å². The third kappa shape index (κ3) is 3.32.